The van der Waals surface area contributed by atoms with Crippen molar-refractivity contribution in [2.45, 2.75) is 25.3 Å². The number of halogens is 1. The second-order valence-corrected chi connectivity index (χ2v) is 4.83. The molecule has 104 valence electrons. The molecule has 1 fully saturated rings. The molecule has 0 aliphatic carbocycles. The number of hydrogen-bond donors (Lipinski definition) is 2. The number of hydrogen-bond acceptors (Lipinski definition) is 3. The number of carbonyl (C=O) groups is 1. The normalized spacial score (nSPS) is 20.2. The lowest BCUT2D eigenvalue weighted by atomic mass is 10.0. The van der Waals surface area contributed by atoms with E-state index >= 15 is 0 Å². The number of carbonyl (C=O) groups excluding carboxylic acids is 1. The van der Waals surface area contributed by atoms with E-state index in [0.717, 1.165) is 25.8 Å². The van der Waals surface area contributed by atoms with E-state index in [4.69, 9.17) is 0 Å². The highest BCUT2D eigenvalue weighted by atomic mass is 19.1. The molecule has 0 bridgehead atoms. The fourth-order valence-corrected chi connectivity index (χ4v) is 2.41. The SMILES string of the molecule is O=C(CN1CCCCC1CO)Nc1ccccc1F. The predicted molar refractivity (Wildman–Crippen MR) is 71.3 cm³/mol. The van der Waals surface area contributed by atoms with Crippen molar-refractivity contribution in [3.63, 3.8) is 0 Å². The first-order chi connectivity index (χ1) is 9.20. The van der Waals surface area contributed by atoms with Crippen LogP contribution in [0.2, 0.25) is 0 Å². The van der Waals surface area contributed by atoms with Gasteiger partial charge in [0.15, 0.2) is 0 Å². The summed E-state index contributed by atoms with van der Waals surface area (Å²) in [7, 11) is 0. The van der Waals surface area contributed by atoms with Crippen molar-refractivity contribution in [2.24, 2.45) is 0 Å². The number of anilines is 1. The molecule has 0 aromatic heterocycles. The quantitative estimate of drug-likeness (QED) is 0.870. The van der Waals surface area contributed by atoms with Gasteiger partial charge in [-0.2, -0.15) is 0 Å². The maximum absolute atomic E-state index is 13.4. The molecule has 0 radical (unpaired) electrons. The Labute approximate surface area is 112 Å². The van der Waals surface area contributed by atoms with Crippen molar-refractivity contribution in [1.82, 2.24) is 4.90 Å². The number of amides is 1. The molecule has 0 saturated carbocycles. The summed E-state index contributed by atoms with van der Waals surface area (Å²) in [6, 6.07) is 6.15. The largest absolute Gasteiger partial charge is 0.395 e. The number of piperidine rings is 1. The van der Waals surface area contributed by atoms with E-state index in [1.807, 2.05) is 4.90 Å². The van der Waals surface area contributed by atoms with E-state index in [1.165, 1.54) is 12.1 Å². The molecule has 5 heteroatoms. The minimum atomic E-state index is -0.437. The molecule has 1 heterocycles. The zero-order valence-corrected chi connectivity index (χ0v) is 10.8. The summed E-state index contributed by atoms with van der Waals surface area (Å²) in [6.45, 7) is 1.06. The standard InChI is InChI=1S/C14H19FN2O2/c15-12-6-1-2-7-13(12)16-14(19)9-17-8-4-3-5-11(17)10-18/h1-2,6-7,11,18H,3-5,8-10H2,(H,16,19). The summed E-state index contributed by atoms with van der Waals surface area (Å²) in [4.78, 5) is 13.9. The maximum Gasteiger partial charge on any atom is 0.238 e. The van der Waals surface area contributed by atoms with Gasteiger partial charge < -0.3 is 10.4 Å². The molecule has 1 saturated heterocycles. The van der Waals surface area contributed by atoms with Crippen LogP contribution < -0.4 is 5.32 Å². The van der Waals surface area contributed by atoms with E-state index in [-0.39, 0.29) is 30.8 Å². The van der Waals surface area contributed by atoms with Crippen molar-refractivity contribution in [2.75, 3.05) is 25.0 Å². The zero-order chi connectivity index (χ0) is 13.7. The number of aliphatic hydroxyl groups excluding tert-OH is 1. The van der Waals surface area contributed by atoms with Crippen LogP contribution in [0.1, 0.15) is 19.3 Å². The summed E-state index contributed by atoms with van der Waals surface area (Å²) >= 11 is 0. The van der Waals surface area contributed by atoms with Gasteiger partial charge in [0.1, 0.15) is 5.82 Å². The van der Waals surface area contributed by atoms with Crippen LogP contribution in [0.25, 0.3) is 0 Å². The molecule has 1 aromatic carbocycles. The van der Waals surface area contributed by atoms with Gasteiger partial charge in [0.25, 0.3) is 0 Å². The van der Waals surface area contributed by atoms with Gasteiger partial charge in [0.2, 0.25) is 5.91 Å². The summed E-state index contributed by atoms with van der Waals surface area (Å²) < 4.78 is 13.4. The highest BCUT2D eigenvalue weighted by Crippen LogP contribution is 2.17. The monoisotopic (exact) mass is 266 g/mol. The van der Waals surface area contributed by atoms with Gasteiger partial charge in [-0.3, -0.25) is 9.69 Å². The van der Waals surface area contributed by atoms with Crippen molar-refractivity contribution >= 4 is 11.6 Å². The third-order valence-electron chi connectivity index (χ3n) is 3.45. The Hall–Kier alpha value is -1.46. The Bertz CT molecular complexity index is 439. The Balaban J connectivity index is 1.92. The van der Waals surface area contributed by atoms with Crippen LogP contribution in [0.5, 0.6) is 0 Å². The van der Waals surface area contributed by atoms with Crippen LogP contribution in [0, 0.1) is 5.82 Å². The molecule has 0 spiro atoms. The lowest BCUT2D eigenvalue weighted by Crippen LogP contribution is -2.45. The summed E-state index contributed by atoms with van der Waals surface area (Å²) in [5.74, 6) is -0.682. The summed E-state index contributed by atoms with van der Waals surface area (Å²) in [5, 5.41) is 11.8. The number of aliphatic hydroxyl groups is 1. The predicted octanol–water partition coefficient (Wildman–Crippen LogP) is 1.61. The number of para-hydroxylation sites is 1. The van der Waals surface area contributed by atoms with Gasteiger partial charge in [-0.25, -0.2) is 4.39 Å². The van der Waals surface area contributed by atoms with Crippen molar-refractivity contribution in [3.8, 4) is 0 Å². The summed E-state index contributed by atoms with van der Waals surface area (Å²) in [6.07, 6.45) is 3.02. The third kappa shape index (κ3) is 3.75. The Kier molecular flexibility index (Phi) is 4.87. The second kappa shape index (κ2) is 6.63. The van der Waals surface area contributed by atoms with Crippen LogP contribution in [0.3, 0.4) is 0 Å². The van der Waals surface area contributed by atoms with Gasteiger partial charge in [0, 0.05) is 6.04 Å². The first-order valence-electron chi connectivity index (χ1n) is 6.60. The second-order valence-electron chi connectivity index (χ2n) is 4.83. The van der Waals surface area contributed by atoms with Gasteiger partial charge >= 0.3 is 0 Å². The fourth-order valence-electron chi connectivity index (χ4n) is 2.41. The molecule has 1 unspecified atom stereocenters. The van der Waals surface area contributed by atoms with Gasteiger partial charge in [-0.1, -0.05) is 18.6 Å². The Morgan fingerprint density at radius 3 is 2.95 bits per heavy atom. The molecule has 1 amide bonds. The van der Waals surface area contributed by atoms with Gasteiger partial charge in [-0.15, -0.1) is 0 Å². The Morgan fingerprint density at radius 1 is 1.42 bits per heavy atom. The highest BCUT2D eigenvalue weighted by Gasteiger charge is 2.23. The van der Waals surface area contributed by atoms with Crippen LogP contribution in [0.4, 0.5) is 10.1 Å². The molecule has 4 nitrogen and oxygen atoms in total. The molecule has 1 aliphatic rings. The van der Waals surface area contributed by atoms with Gasteiger partial charge in [0.05, 0.1) is 18.8 Å². The first-order valence-corrected chi connectivity index (χ1v) is 6.60. The number of likely N-dealkylation sites (tertiary alicyclic amines) is 1. The van der Waals surface area contributed by atoms with E-state index in [0.29, 0.717) is 0 Å². The van der Waals surface area contributed by atoms with Gasteiger partial charge in [-0.05, 0) is 31.5 Å². The fraction of sp³-hybridized carbons (Fsp3) is 0.500. The van der Waals surface area contributed by atoms with E-state index in [1.54, 1.807) is 12.1 Å². The number of benzene rings is 1. The van der Waals surface area contributed by atoms with Crippen molar-refractivity contribution in [1.29, 1.82) is 0 Å². The molecule has 2 N–H and O–H groups in total. The molecule has 1 atom stereocenters. The minimum Gasteiger partial charge on any atom is -0.395 e. The topological polar surface area (TPSA) is 52.6 Å². The highest BCUT2D eigenvalue weighted by molar-refractivity contribution is 5.92. The van der Waals surface area contributed by atoms with Crippen LogP contribution in [-0.4, -0.2) is 41.7 Å². The van der Waals surface area contributed by atoms with Crippen molar-refractivity contribution in [3.05, 3.63) is 30.1 Å². The molecule has 1 aliphatic heterocycles. The van der Waals surface area contributed by atoms with Crippen LogP contribution >= 0.6 is 0 Å². The van der Waals surface area contributed by atoms with Crippen molar-refractivity contribution < 1.29 is 14.3 Å². The first kappa shape index (κ1) is 14.0. The zero-order valence-electron chi connectivity index (χ0n) is 10.8. The molecule has 1 aromatic rings. The third-order valence-corrected chi connectivity index (χ3v) is 3.45. The summed E-state index contributed by atoms with van der Waals surface area (Å²) in [5.41, 5.74) is 0.199. The molecular weight excluding hydrogens is 247 g/mol. The molecule has 19 heavy (non-hydrogen) atoms. The number of nitrogens with one attached hydrogen (secondary N) is 1. The Morgan fingerprint density at radius 2 is 2.21 bits per heavy atom. The average Bonchev–Trinajstić information content (AvgIpc) is 2.42. The molecular formula is C14H19FN2O2. The molecule has 2 rings (SSSR count). The minimum absolute atomic E-state index is 0.0418. The smallest absolute Gasteiger partial charge is 0.238 e. The number of rotatable bonds is 4. The lowest BCUT2D eigenvalue weighted by molar-refractivity contribution is -0.118. The maximum atomic E-state index is 13.4. The van der Waals surface area contributed by atoms with E-state index in [2.05, 4.69) is 5.32 Å². The lowest BCUT2D eigenvalue weighted by Gasteiger charge is -2.33. The van der Waals surface area contributed by atoms with Crippen LogP contribution in [-0.2, 0) is 4.79 Å². The van der Waals surface area contributed by atoms with E-state index < -0.39 is 5.82 Å². The van der Waals surface area contributed by atoms with Crippen LogP contribution in [0.15, 0.2) is 24.3 Å². The van der Waals surface area contributed by atoms with E-state index in [9.17, 15) is 14.3 Å². The number of nitrogens with zero attached hydrogens (tertiary/aromatic N) is 1. The average molecular weight is 266 g/mol.